The van der Waals surface area contributed by atoms with Crippen LogP contribution in [0.5, 0.6) is 0 Å². The highest BCUT2D eigenvalue weighted by atomic mass is 35.5. The number of halogens is 1. The smallest absolute Gasteiger partial charge is 0.159 e. The van der Waals surface area contributed by atoms with Crippen molar-refractivity contribution in [3.05, 3.63) is 52.0 Å². The Morgan fingerprint density at radius 3 is 2.62 bits per heavy atom. The predicted octanol–water partition coefficient (Wildman–Crippen LogP) is 1.85. The molecule has 4 rings (SSSR count). The average Bonchev–Trinajstić information content (AvgIpc) is 2.93. The zero-order chi connectivity index (χ0) is 16.4. The molecule has 2 heterocycles. The second-order valence-corrected chi connectivity index (χ2v) is 6.56. The van der Waals surface area contributed by atoms with Gasteiger partial charge in [0.15, 0.2) is 5.82 Å². The number of nitrogens with one attached hydrogen (secondary N) is 1. The van der Waals surface area contributed by atoms with E-state index < -0.39 is 0 Å². The van der Waals surface area contributed by atoms with Crippen molar-refractivity contribution in [1.29, 1.82) is 0 Å². The molecule has 0 atom stereocenters. The van der Waals surface area contributed by atoms with E-state index in [1.807, 2.05) is 24.3 Å². The summed E-state index contributed by atoms with van der Waals surface area (Å²) in [5, 5.41) is 11.5. The number of fused-ring (bicyclic) bond motifs is 1. The fourth-order valence-electron chi connectivity index (χ4n) is 3.25. The number of aromatic nitrogens is 2. The first-order valence-corrected chi connectivity index (χ1v) is 8.88. The molecular weight excluding hydrogens is 320 g/mol. The molecule has 124 valence electrons. The fraction of sp³-hybridized carbons (Fsp3) is 0.316. The van der Waals surface area contributed by atoms with Gasteiger partial charge >= 0.3 is 0 Å². The van der Waals surface area contributed by atoms with Crippen LogP contribution in [0.15, 0.2) is 36.4 Å². The Morgan fingerprint density at radius 1 is 1.04 bits per heavy atom. The molecule has 4 nitrogen and oxygen atoms in total. The standard InChI is InChI=1S/C19H21ClN4/c20-15-7-9-16(10-8-15)24-18-6-4-2-1-3-5-17(18)19(22-24)23-13-11-21-12-14-23/h1,3,5-10,21H,2,4,11-14H2/b3-1-,17-5+,18-6+. The molecular formula is C19H21ClN4. The minimum absolute atomic E-state index is 0.745. The minimum atomic E-state index is 0.745. The van der Waals surface area contributed by atoms with Crippen LogP contribution in [0, 0.1) is 0 Å². The number of hydrogen-bond donors (Lipinski definition) is 1. The summed E-state index contributed by atoms with van der Waals surface area (Å²) in [7, 11) is 0. The molecule has 0 amide bonds. The first kappa shape index (κ1) is 15.5. The lowest BCUT2D eigenvalue weighted by molar-refractivity contribution is 0.582. The zero-order valence-corrected chi connectivity index (χ0v) is 14.3. The van der Waals surface area contributed by atoms with Crippen molar-refractivity contribution in [2.75, 3.05) is 31.1 Å². The van der Waals surface area contributed by atoms with Crippen LogP contribution in [0.3, 0.4) is 0 Å². The molecule has 0 unspecified atom stereocenters. The third kappa shape index (κ3) is 2.99. The molecule has 1 N–H and O–H groups in total. The number of hydrogen-bond acceptors (Lipinski definition) is 3. The monoisotopic (exact) mass is 340 g/mol. The maximum Gasteiger partial charge on any atom is 0.159 e. The van der Waals surface area contributed by atoms with Crippen molar-refractivity contribution in [2.45, 2.75) is 12.8 Å². The third-order valence-electron chi connectivity index (χ3n) is 4.50. The molecule has 0 saturated carbocycles. The summed E-state index contributed by atoms with van der Waals surface area (Å²) in [4.78, 5) is 2.38. The quantitative estimate of drug-likeness (QED) is 0.905. The van der Waals surface area contributed by atoms with Crippen molar-refractivity contribution in [1.82, 2.24) is 15.1 Å². The van der Waals surface area contributed by atoms with Crippen LogP contribution in [-0.4, -0.2) is 36.0 Å². The first-order valence-electron chi connectivity index (χ1n) is 8.50. The summed E-state index contributed by atoms with van der Waals surface area (Å²) in [5.74, 6) is 1.07. The van der Waals surface area contributed by atoms with E-state index >= 15 is 0 Å². The predicted molar refractivity (Wildman–Crippen MR) is 100 cm³/mol. The summed E-state index contributed by atoms with van der Waals surface area (Å²) < 4.78 is 2.05. The van der Waals surface area contributed by atoms with Crippen molar-refractivity contribution in [3.63, 3.8) is 0 Å². The molecule has 1 aromatic carbocycles. The van der Waals surface area contributed by atoms with Crippen LogP contribution in [0.2, 0.25) is 5.02 Å². The van der Waals surface area contributed by atoms with Gasteiger partial charge in [-0.3, -0.25) is 0 Å². The van der Waals surface area contributed by atoms with Gasteiger partial charge in [0.05, 0.1) is 11.0 Å². The zero-order valence-electron chi connectivity index (χ0n) is 13.6. The molecule has 1 aliphatic carbocycles. The Kier molecular flexibility index (Phi) is 4.41. The normalized spacial score (nSPS) is 21.6. The van der Waals surface area contributed by atoms with Crippen molar-refractivity contribution >= 4 is 29.6 Å². The molecule has 0 radical (unpaired) electrons. The molecule has 1 aliphatic heterocycles. The number of rotatable bonds is 2. The van der Waals surface area contributed by atoms with Crippen LogP contribution in [0.4, 0.5) is 5.82 Å². The van der Waals surface area contributed by atoms with Gasteiger partial charge in [0.1, 0.15) is 0 Å². The van der Waals surface area contributed by atoms with E-state index in [1.165, 1.54) is 10.6 Å². The summed E-state index contributed by atoms with van der Waals surface area (Å²) in [6.45, 7) is 3.98. The molecule has 1 fully saturated rings. The largest absolute Gasteiger partial charge is 0.352 e. The van der Waals surface area contributed by atoms with Crippen LogP contribution in [0.1, 0.15) is 12.8 Å². The summed E-state index contributed by atoms with van der Waals surface area (Å²) >= 11 is 6.05. The van der Waals surface area contributed by atoms with Crippen LogP contribution >= 0.6 is 11.6 Å². The maximum atomic E-state index is 6.05. The molecule has 2 aromatic rings. The van der Waals surface area contributed by atoms with Crippen LogP contribution in [-0.2, 0) is 0 Å². The number of benzene rings is 1. The van der Waals surface area contributed by atoms with E-state index in [9.17, 15) is 0 Å². The minimum Gasteiger partial charge on any atom is -0.352 e. The lowest BCUT2D eigenvalue weighted by Gasteiger charge is -2.27. The molecule has 0 spiro atoms. The van der Waals surface area contributed by atoms with Crippen molar-refractivity contribution in [3.8, 4) is 5.69 Å². The lowest BCUT2D eigenvalue weighted by Crippen LogP contribution is -2.46. The molecule has 24 heavy (non-hydrogen) atoms. The number of anilines is 1. The Labute approximate surface area is 146 Å². The van der Waals surface area contributed by atoms with E-state index in [0.29, 0.717) is 0 Å². The number of allylic oxidation sites excluding steroid dienone is 2. The van der Waals surface area contributed by atoms with Gasteiger partial charge in [-0.1, -0.05) is 29.8 Å². The van der Waals surface area contributed by atoms with E-state index in [0.717, 1.165) is 55.5 Å². The Balaban J connectivity index is 1.91. The van der Waals surface area contributed by atoms with Crippen LogP contribution in [0.25, 0.3) is 17.8 Å². The maximum absolute atomic E-state index is 6.05. The lowest BCUT2D eigenvalue weighted by atomic mass is 10.2. The van der Waals surface area contributed by atoms with Gasteiger partial charge < -0.3 is 10.2 Å². The van der Waals surface area contributed by atoms with Gasteiger partial charge in [0.2, 0.25) is 0 Å². The summed E-state index contributed by atoms with van der Waals surface area (Å²) in [5.41, 5.74) is 1.05. The third-order valence-corrected chi connectivity index (χ3v) is 4.75. The molecule has 0 bridgehead atoms. The van der Waals surface area contributed by atoms with Gasteiger partial charge in [0.25, 0.3) is 0 Å². The van der Waals surface area contributed by atoms with E-state index in [1.54, 1.807) is 0 Å². The van der Waals surface area contributed by atoms with E-state index in [2.05, 4.69) is 39.2 Å². The Morgan fingerprint density at radius 2 is 1.83 bits per heavy atom. The van der Waals surface area contributed by atoms with E-state index in [4.69, 9.17) is 16.7 Å². The summed E-state index contributed by atoms with van der Waals surface area (Å²) in [6.07, 6.45) is 11.0. The second kappa shape index (κ2) is 6.83. The van der Waals surface area contributed by atoms with Gasteiger partial charge in [-0.15, -0.1) is 5.10 Å². The van der Waals surface area contributed by atoms with Gasteiger partial charge in [-0.25, -0.2) is 4.68 Å². The highest BCUT2D eigenvalue weighted by Crippen LogP contribution is 2.13. The molecule has 1 saturated heterocycles. The Bertz CT molecular complexity index is 858. The van der Waals surface area contributed by atoms with Gasteiger partial charge in [-0.2, -0.15) is 0 Å². The molecule has 5 heteroatoms. The van der Waals surface area contributed by atoms with Gasteiger partial charge in [-0.05, 0) is 43.2 Å². The first-order chi connectivity index (χ1) is 11.8. The number of nitrogens with zero attached hydrogens (tertiary/aromatic N) is 3. The highest BCUT2D eigenvalue weighted by Gasteiger charge is 2.17. The molecule has 2 aliphatic rings. The highest BCUT2D eigenvalue weighted by molar-refractivity contribution is 6.30. The fourth-order valence-corrected chi connectivity index (χ4v) is 3.38. The Hall–Kier alpha value is -2.04. The topological polar surface area (TPSA) is 33.1 Å². The summed E-state index contributed by atoms with van der Waals surface area (Å²) in [6, 6.07) is 7.89. The van der Waals surface area contributed by atoms with Crippen LogP contribution < -0.4 is 20.8 Å². The molecule has 1 aromatic heterocycles. The van der Waals surface area contributed by atoms with Gasteiger partial charge in [0, 0.05) is 36.4 Å². The second-order valence-electron chi connectivity index (χ2n) is 6.12. The van der Waals surface area contributed by atoms with E-state index in [-0.39, 0.29) is 0 Å². The number of piperazine rings is 1. The SMILES string of the molecule is Clc1ccc(-n2nc(N3CCNCC3)c3/c2=C\CC/C=C\C=3)cc1. The average molecular weight is 341 g/mol. The van der Waals surface area contributed by atoms with Crippen molar-refractivity contribution in [2.24, 2.45) is 0 Å². The van der Waals surface area contributed by atoms with Crippen molar-refractivity contribution < 1.29 is 0 Å².